The number of hydrogen-bond acceptors (Lipinski definition) is 5. The van der Waals surface area contributed by atoms with E-state index in [1.807, 2.05) is 0 Å². The van der Waals surface area contributed by atoms with Gasteiger partial charge in [0, 0.05) is 23.8 Å². The molecule has 0 amide bonds. The molecule has 0 heterocycles. The van der Waals surface area contributed by atoms with Crippen molar-refractivity contribution in [1.29, 1.82) is 0 Å². The van der Waals surface area contributed by atoms with Gasteiger partial charge in [0.25, 0.3) is 0 Å². The monoisotopic (exact) mass is 509 g/mol. The van der Waals surface area contributed by atoms with Gasteiger partial charge < -0.3 is 9.47 Å². The first-order valence-corrected chi connectivity index (χ1v) is 12.2. The molecule has 1 atom stereocenters. The smallest absolute Gasteiger partial charge is 0.420 e. The summed E-state index contributed by atoms with van der Waals surface area (Å²) in [5.41, 5.74) is -2.17. The third-order valence-corrected chi connectivity index (χ3v) is 7.53. The third-order valence-electron chi connectivity index (χ3n) is 7.53. The van der Waals surface area contributed by atoms with E-state index in [4.69, 9.17) is 4.74 Å². The highest BCUT2D eigenvalue weighted by molar-refractivity contribution is 5.89. The molecular formula is C27H34F3NO5. The van der Waals surface area contributed by atoms with Gasteiger partial charge in [0.05, 0.1) is 19.6 Å². The van der Waals surface area contributed by atoms with Crippen LogP contribution in [0.2, 0.25) is 0 Å². The zero-order valence-electron chi connectivity index (χ0n) is 21.4. The second-order valence-electron chi connectivity index (χ2n) is 10.9. The molecule has 0 spiro atoms. The van der Waals surface area contributed by atoms with E-state index in [9.17, 15) is 28.1 Å². The summed E-state index contributed by atoms with van der Waals surface area (Å²) in [7, 11) is 1.19. The molecule has 6 nitrogen and oxygen atoms in total. The molecule has 0 bridgehead atoms. The molecule has 1 saturated carbocycles. The zero-order valence-corrected chi connectivity index (χ0v) is 21.4. The predicted octanol–water partition coefficient (Wildman–Crippen LogP) is 7.29. The number of benzene rings is 2. The summed E-state index contributed by atoms with van der Waals surface area (Å²) >= 11 is 0. The van der Waals surface area contributed by atoms with Gasteiger partial charge in [-0.05, 0) is 59.9 Å². The third kappa shape index (κ3) is 5.93. The highest BCUT2D eigenvalue weighted by atomic mass is 19.4. The maximum atomic E-state index is 14.2. The fourth-order valence-electron chi connectivity index (χ4n) is 5.05. The van der Waals surface area contributed by atoms with E-state index < -0.39 is 28.2 Å². The van der Waals surface area contributed by atoms with Gasteiger partial charge in [-0.1, -0.05) is 39.0 Å². The summed E-state index contributed by atoms with van der Waals surface area (Å²) in [5.74, 6) is -0.309. The average molecular weight is 510 g/mol. The van der Waals surface area contributed by atoms with Crippen LogP contribution in [0, 0.1) is 21.4 Å². The van der Waals surface area contributed by atoms with E-state index >= 15 is 0 Å². The Morgan fingerprint density at radius 1 is 1.06 bits per heavy atom. The summed E-state index contributed by atoms with van der Waals surface area (Å²) in [6.45, 7) is 7.89. The Morgan fingerprint density at radius 3 is 2.22 bits per heavy atom. The number of ether oxygens (including phenoxy) is 2. The van der Waals surface area contributed by atoms with E-state index in [-0.39, 0.29) is 46.4 Å². The molecule has 0 aromatic heterocycles. The van der Waals surface area contributed by atoms with Crippen LogP contribution < -0.4 is 4.74 Å². The number of hydrogen-bond donors (Lipinski definition) is 0. The largest absolute Gasteiger partial charge is 0.490 e. The van der Waals surface area contributed by atoms with Crippen LogP contribution in [-0.2, 0) is 21.2 Å². The van der Waals surface area contributed by atoms with Crippen LogP contribution in [0.4, 0.5) is 13.2 Å². The maximum Gasteiger partial charge on any atom is 0.420 e. The molecule has 2 aromatic carbocycles. The van der Waals surface area contributed by atoms with Gasteiger partial charge in [-0.3, -0.25) is 14.9 Å². The average Bonchev–Trinajstić information content (AvgIpc) is 2.80. The van der Waals surface area contributed by atoms with Crippen molar-refractivity contribution in [2.24, 2.45) is 11.3 Å². The topological polar surface area (TPSA) is 78.7 Å². The fraction of sp³-hybridized carbons (Fsp3) is 0.593. The number of methoxy groups -OCH3 is 1. The van der Waals surface area contributed by atoms with Crippen LogP contribution in [0.15, 0.2) is 30.3 Å². The van der Waals surface area contributed by atoms with Crippen molar-refractivity contribution in [1.82, 2.24) is 0 Å². The van der Waals surface area contributed by atoms with E-state index in [1.54, 1.807) is 0 Å². The minimum absolute atomic E-state index is 0.0780. The first-order valence-electron chi connectivity index (χ1n) is 12.2. The van der Waals surface area contributed by atoms with Crippen molar-refractivity contribution >= 4 is 16.7 Å². The minimum atomic E-state index is -4.67. The van der Waals surface area contributed by atoms with Crippen molar-refractivity contribution in [3.8, 4) is 5.75 Å². The number of carbonyl (C=O) groups excluding carboxylic acids is 1. The lowest BCUT2D eigenvalue weighted by Crippen LogP contribution is -2.32. The Morgan fingerprint density at radius 2 is 1.69 bits per heavy atom. The molecule has 3 rings (SSSR count). The summed E-state index contributed by atoms with van der Waals surface area (Å²) in [4.78, 5) is 22.9. The van der Waals surface area contributed by atoms with Gasteiger partial charge in [-0.15, -0.1) is 0 Å². The number of esters is 1. The van der Waals surface area contributed by atoms with Crippen LogP contribution in [0.3, 0.4) is 0 Å². The number of carbonyl (C=O) groups is 1. The SMILES string of the molecule is COC(=O)CCC(C)(c1ccc2c(C(F)(F)F)c(O[C@H]3CC[C@H](C(C)(C)C)CC3)ccc2c1)[N+](=O)[O-]. The second-order valence-corrected chi connectivity index (χ2v) is 10.9. The van der Waals surface area contributed by atoms with Crippen molar-refractivity contribution in [2.75, 3.05) is 7.11 Å². The lowest BCUT2D eigenvalue weighted by atomic mass is 9.72. The van der Waals surface area contributed by atoms with Gasteiger partial charge in [0.15, 0.2) is 0 Å². The predicted molar refractivity (Wildman–Crippen MR) is 130 cm³/mol. The van der Waals surface area contributed by atoms with Crippen LogP contribution >= 0.6 is 0 Å². The second kappa shape index (κ2) is 10.3. The fourth-order valence-corrected chi connectivity index (χ4v) is 5.05. The van der Waals surface area contributed by atoms with Crippen LogP contribution in [0.25, 0.3) is 10.8 Å². The van der Waals surface area contributed by atoms with Gasteiger partial charge >= 0.3 is 12.1 Å². The Bertz CT molecular complexity index is 1120. The van der Waals surface area contributed by atoms with Crippen molar-refractivity contribution in [2.45, 2.75) is 84.0 Å². The number of halogens is 3. The molecule has 1 fully saturated rings. The Balaban J connectivity index is 1.95. The first kappa shape index (κ1) is 27.7. The Labute approximate surface area is 209 Å². The molecule has 1 unspecified atom stereocenters. The highest BCUT2D eigenvalue weighted by Crippen LogP contribution is 2.45. The van der Waals surface area contributed by atoms with Crippen molar-refractivity contribution < 1.29 is 32.4 Å². The lowest BCUT2D eigenvalue weighted by Gasteiger charge is -2.37. The number of nitrogens with zero attached hydrogens (tertiary/aromatic N) is 1. The highest BCUT2D eigenvalue weighted by Gasteiger charge is 2.42. The van der Waals surface area contributed by atoms with E-state index in [0.29, 0.717) is 18.8 Å². The lowest BCUT2D eigenvalue weighted by molar-refractivity contribution is -0.575. The van der Waals surface area contributed by atoms with E-state index in [2.05, 4.69) is 25.5 Å². The molecule has 1 aliphatic rings. The maximum absolute atomic E-state index is 14.2. The number of nitro groups is 1. The quantitative estimate of drug-likeness (QED) is 0.223. The van der Waals surface area contributed by atoms with Gasteiger partial charge in [-0.2, -0.15) is 13.2 Å². The molecule has 2 aromatic rings. The van der Waals surface area contributed by atoms with Gasteiger partial charge in [-0.25, -0.2) is 0 Å². The Kier molecular flexibility index (Phi) is 7.91. The molecule has 36 heavy (non-hydrogen) atoms. The Hall–Kier alpha value is -2.84. The van der Waals surface area contributed by atoms with Crippen LogP contribution in [0.1, 0.15) is 77.3 Å². The van der Waals surface area contributed by atoms with Crippen LogP contribution in [-0.4, -0.2) is 24.1 Å². The van der Waals surface area contributed by atoms with Crippen molar-refractivity contribution in [3.05, 3.63) is 51.6 Å². The first-order chi connectivity index (χ1) is 16.7. The number of fused-ring (bicyclic) bond motifs is 1. The molecule has 0 N–H and O–H groups in total. The molecule has 9 heteroatoms. The van der Waals surface area contributed by atoms with Crippen LogP contribution in [0.5, 0.6) is 5.75 Å². The van der Waals surface area contributed by atoms with E-state index in [1.165, 1.54) is 44.4 Å². The summed E-state index contributed by atoms with van der Waals surface area (Å²) in [6, 6.07) is 6.79. The van der Waals surface area contributed by atoms with E-state index in [0.717, 1.165) is 12.8 Å². The van der Waals surface area contributed by atoms with Gasteiger partial charge in [0.1, 0.15) is 11.3 Å². The molecular weight excluding hydrogens is 475 g/mol. The molecule has 0 radical (unpaired) electrons. The number of rotatable bonds is 7. The molecule has 1 aliphatic carbocycles. The molecule has 198 valence electrons. The standard InChI is InChI=1S/C27H34F3NO5/c1-25(2,3)18-7-10-20(11-8-18)36-22-13-6-17-16-19(9-12-21(17)24(22)27(28,29)30)26(4,31(33)34)15-14-23(32)35-5/h6,9,12-13,16,18,20H,7-8,10-11,14-15H2,1-5H3/t18-,20-,26?. The van der Waals surface area contributed by atoms with Crippen molar-refractivity contribution in [3.63, 3.8) is 0 Å². The summed E-state index contributed by atoms with van der Waals surface area (Å²) < 4.78 is 53.2. The zero-order chi connectivity index (χ0) is 26.9. The minimum Gasteiger partial charge on any atom is -0.490 e. The summed E-state index contributed by atoms with van der Waals surface area (Å²) in [6.07, 6.45) is -2.12. The number of alkyl halides is 3. The van der Waals surface area contributed by atoms with Gasteiger partial charge in [0.2, 0.25) is 5.54 Å². The molecule has 0 aliphatic heterocycles. The molecule has 0 saturated heterocycles. The summed E-state index contributed by atoms with van der Waals surface area (Å²) in [5, 5.41) is 12.0. The normalized spacial score (nSPS) is 20.6.